The smallest absolute Gasteiger partial charge is 0.160 e. The van der Waals surface area contributed by atoms with E-state index in [2.05, 4.69) is 9.97 Å². The van der Waals surface area contributed by atoms with Gasteiger partial charge in [-0.2, -0.15) is 0 Å². The maximum absolute atomic E-state index is 9.86. The van der Waals surface area contributed by atoms with E-state index < -0.39 is 0 Å². The fourth-order valence-corrected chi connectivity index (χ4v) is 2.00. The summed E-state index contributed by atoms with van der Waals surface area (Å²) in [6, 6.07) is 8.24. The average Bonchev–Trinajstić information content (AvgIpc) is 2.68. The van der Waals surface area contributed by atoms with Gasteiger partial charge in [-0.05, 0) is 24.3 Å². The summed E-state index contributed by atoms with van der Waals surface area (Å²) >= 11 is 0. The largest absolute Gasteiger partial charge is 0.507 e. The molecule has 5 heteroatoms. The summed E-state index contributed by atoms with van der Waals surface area (Å²) in [5.41, 5.74) is 1.74. The Labute approximate surface area is 103 Å². The van der Waals surface area contributed by atoms with Gasteiger partial charge in [0, 0.05) is 13.2 Å². The van der Waals surface area contributed by atoms with Gasteiger partial charge in [-0.3, -0.25) is 0 Å². The molecule has 0 unspecified atom stereocenters. The molecule has 18 heavy (non-hydrogen) atoms. The SMILES string of the molecule is Cn1c(-c2c(O)cccc2O)nc2cccnc21. The lowest BCUT2D eigenvalue weighted by molar-refractivity contribution is 0.453. The fourth-order valence-electron chi connectivity index (χ4n) is 2.00. The van der Waals surface area contributed by atoms with Crippen LogP contribution in [0.15, 0.2) is 36.5 Å². The molecule has 0 atom stereocenters. The van der Waals surface area contributed by atoms with Crippen LogP contribution < -0.4 is 0 Å². The maximum Gasteiger partial charge on any atom is 0.160 e. The van der Waals surface area contributed by atoms with Crippen LogP contribution in [0.2, 0.25) is 0 Å². The molecule has 1 aromatic carbocycles. The molecule has 3 rings (SSSR count). The van der Waals surface area contributed by atoms with Gasteiger partial charge in [0.1, 0.15) is 28.4 Å². The van der Waals surface area contributed by atoms with E-state index in [4.69, 9.17) is 0 Å². The second-order valence-electron chi connectivity index (χ2n) is 4.01. The van der Waals surface area contributed by atoms with Crippen molar-refractivity contribution in [2.45, 2.75) is 0 Å². The van der Waals surface area contributed by atoms with Gasteiger partial charge < -0.3 is 14.8 Å². The maximum atomic E-state index is 9.86. The number of hydrogen-bond acceptors (Lipinski definition) is 4. The van der Waals surface area contributed by atoms with Gasteiger partial charge in [-0.1, -0.05) is 6.07 Å². The molecule has 0 aliphatic heterocycles. The predicted octanol–water partition coefficient (Wildman–Crippen LogP) is 2.05. The van der Waals surface area contributed by atoms with E-state index in [1.807, 2.05) is 6.07 Å². The van der Waals surface area contributed by atoms with E-state index in [1.165, 1.54) is 12.1 Å². The summed E-state index contributed by atoms with van der Waals surface area (Å²) in [5, 5.41) is 19.7. The first-order valence-corrected chi connectivity index (χ1v) is 5.47. The summed E-state index contributed by atoms with van der Waals surface area (Å²) in [6.07, 6.45) is 1.68. The van der Waals surface area contributed by atoms with Gasteiger partial charge in [-0.25, -0.2) is 9.97 Å². The normalized spacial score (nSPS) is 10.9. The zero-order valence-electron chi connectivity index (χ0n) is 9.70. The highest BCUT2D eigenvalue weighted by Gasteiger charge is 2.17. The second kappa shape index (κ2) is 3.73. The van der Waals surface area contributed by atoms with Crippen molar-refractivity contribution in [1.29, 1.82) is 0 Å². The quantitative estimate of drug-likeness (QED) is 0.684. The predicted molar refractivity (Wildman–Crippen MR) is 67.3 cm³/mol. The van der Waals surface area contributed by atoms with Crippen LogP contribution >= 0.6 is 0 Å². The monoisotopic (exact) mass is 241 g/mol. The summed E-state index contributed by atoms with van der Waals surface area (Å²) in [7, 11) is 1.80. The number of phenols is 2. The molecule has 2 heterocycles. The Hall–Kier alpha value is -2.56. The minimum Gasteiger partial charge on any atom is -0.507 e. The molecule has 2 N–H and O–H groups in total. The number of phenolic OH excluding ortho intramolecular Hbond substituents is 2. The second-order valence-corrected chi connectivity index (χ2v) is 4.01. The van der Waals surface area contributed by atoms with Gasteiger partial charge in [0.25, 0.3) is 0 Å². The van der Waals surface area contributed by atoms with Crippen molar-refractivity contribution >= 4 is 11.2 Å². The highest BCUT2D eigenvalue weighted by atomic mass is 16.3. The van der Waals surface area contributed by atoms with Gasteiger partial charge in [0.2, 0.25) is 0 Å². The molecular weight excluding hydrogens is 230 g/mol. The van der Waals surface area contributed by atoms with Crippen LogP contribution in [0.1, 0.15) is 0 Å². The Balaban J connectivity index is 2.36. The minimum absolute atomic E-state index is 0.00611. The summed E-state index contributed by atoms with van der Waals surface area (Å²) in [5.74, 6) is 0.473. The van der Waals surface area contributed by atoms with Gasteiger partial charge >= 0.3 is 0 Å². The molecule has 0 saturated heterocycles. The standard InChI is InChI=1S/C13H11N3O2/c1-16-12-8(4-3-7-14-12)15-13(16)11-9(17)5-2-6-10(11)18/h2-7,17-18H,1H3. The Kier molecular flexibility index (Phi) is 2.19. The van der Waals surface area contributed by atoms with Crippen molar-refractivity contribution in [3.05, 3.63) is 36.5 Å². The lowest BCUT2D eigenvalue weighted by Gasteiger charge is -2.06. The van der Waals surface area contributed by atoms with Crippen molar-refractivity contribution in [2.24, 2.45) is 7.05 Å². The lowest BCUT2D eigenvalue weighted by atomic mass is 10.1. The van der Waals surface area contributed by atoms with E-state index in [-0.39, 0.29) is 11.5 Å². The topological polar surface area (TPSA) is 71.2 Å². The molecule has 0 aliphatic rings. The molecule has 90 valence electrons. The first-order valence-electron chi connectivity index (χ1n) is 5.47. The summed E-state index contributed by atoms with van der Waals surface area (Å²) in [4.78, 5) is 8.61. The molecule has 0 bridgehead atoms. The molecule has 2 aromatic heterocycles. The van der Waals surface area contributed by atoms with Crippen LogP contribution in [0, 0.1) is 0 Å². The Morgan fingerprint density at radius 3 is 2.44 bits per heavy atom. The average molecular weight is 241 g/mol. The number of rotatable bonds is 1. The van der Waals surface area contributed by atoms with Crippen molar-refractivity contribution in [3.63, 3.8) is 0 Å². The lowest BCUT2D eigenvalue weighted by Crippen LogP contribution is -1.94. The minimum atomic E-state index is -0.00611. The zero-order valence-corrected chi connectivity index (χ0v) is 9.70. The van der Waals surface area contributed by atoms with Crippen LogP contribution in [0.4, 0.5) is 0 Å². The van der Waals surface area contributed by atoms with Crippen molar-refractivity contribution in [2.75, 3.05) is 0 Å². The molecule has 5 nitrogen and oxygen atoms in total. The number of benzene rings is 1. The Bertz CT molecular complexity index is 714. The van der Waals surface area contributed by atoms with Gasteiger partial charge in [-0.15, -0.1) is 0 Å². The molecule has 0 spiro atoms. The van der Waals surface area contributed by atoms with Crippen molar-refractivity contribution < 1.29 is 10.2 Å². The molecule has 0 saturated carbocycles. The molecule has 0 radical (unpaired) electrons. The number of pyridine rings is 1. The highest BCUT2D eigenvalue weighted by Crippen LogP contribution is 2.36. The fraction of sp³-hybridized carbons (Fsp3) is 0.0769. The number of hydrogen-bond donors (Lipinski definition) is 2. The van der Waals surface area contributed by atoms with E-state index in [9.17, 15) is 10.2 Å². The van der Waals surface area contributed by atoms with Crippen LogP contribution in [-0.2, 0) is 7.05 Å². The highest BCUT2D eigenvalue weighted by molar-refractivity contribution is 5.81. The third kappa shape index (κ3) is 1.41. The number of aryl methyl sites for hydroxylation is 1. The number of nitrogens with zero attached hydrogens (tertiary/aromatic N) is 3. The number of fused-ring (bicyclic) bond motifs is 1. The zero-order chi connectivity index (χ0) is 12.7. The molecule has 0 amide bonds. The van der Waals surface area contributed by atoms with Crippen LogP contribution in [0.25, 0.3) is 22.6 Å². The molecule has 0 fully saturated rings. The van der Waals surface area contributed by atoms with Gasteiger partial charge in [0.05, 0.1) is 0 Å². The third-order valence-electron chi connectivity index (χ3n) is 2.87. The van der Waals surface area contributed by atoms with Crippen LogP contribution in [0.5, 0.6) is 11.5 Å². The van der Waals surface area contributed by atoms with E-state index in [0.29, 0.717) is 17.0 Å². The Morgan fingerprint density at radius 1 is 1.06 bits per heavy atom. The van der Waals surface area contributed by atoms with Gasteiger partial charge in [0.15, 0.2) is 5.65 Å². The van der Waals surface area contributed by atoms with Crippen molar-refractivity contribution in [1.82, 2.24) is 14.5 Å². The first-order chi connectivity index (χ1) is 8.68. The number of aromatic nitrogens is 3. The van der Waals surface area contributed by atoms with E-state index in [1.54, 1.807) is 29.9 Å². The molecule has 3 aromatic rings. The van der Waals surface area contributed by atoms with E-state index in [0.717, 1.165) is 5.52 Å². The number of imidazole rings is 1. The van der Waals surface area contributed by atoms with Crippen LogP contribution in [0.3, 0.4) is 0 Å². The summed E-state index contributed by atoms with van der Waals surface area (Å²) < 4.78 is 1.74. The molecule has 0 aliphatic carbocycles. The van der Waals surface area contributed by atoms with E-state index >= 15 is 0 Å². The Morgan fingerprint density at radius 2 is 1.78 bits per heavy atom. The summed E-state index contributed by atoms with van der Waals surface area (Å²) in [6.45, 7) is 0. The van der Waals surface area contributed by atoms with Crippen molar-refractivity contribution in [3.8, 4) is 22.9 Å². The third-order valence-corrected chi connectivity index (χ3v) is 2.87. The first kappa shape index (κ1) is 10.6. The number of aromatic hydroxyl groups is 2. The molecular formula is C13H11N3O2. The van der Waals surface area contributed by atoms with Crippen LogP contribution in [-0.4, -0.2) is 24.7 Å².